The Hall–Kier alpha value is -2.22. The van der Waals surface area contributed by atoms with Gasteiger partial charge in [-0.3, -0.25) is 4.79 Å². The second-order valence-corrected chi connectivity index (χ2v) is 9.75. The highest BCUT2D eigenvalue weighted by atomic mass is 32.2. The quantitative estimate of drug-likeness (QED) is 0.418. The highest BCUT2D eigenvalue weighted by molar-refractivity contribution is 7.97. The van der Waals surface area contributed by atoms with Crippen LogP contribution in [0, 0.1) is 13.8 Å². The van der Waals surface area contributed by atoms with E-state index in [0.717, 1.165) is 37.5 Å². The van der Waals surface area contributed by atoms with Gasteiger partial charge in [-0.25, -0.2) is 4.31 Å². The molecular weight excluding hydrogens is 420 g/mol. The summed E-state index contributed by atoms with van der Waals surface area (Å²) in [5, 5.41) is 6.44. The molecule has 0 radical (unpaired) electrons. The predicted octanol–water partition coefficient (Wildman–Crippen LogP) is 3.86. The van der Waals surface area contributed by atoms with Gasteiger partial charge in [-0.1, -0.05) is 6.07 Å². The summed E-state index contributed by atoms with van der Waals surface area (Å²) in [7, 11) is 5.87. The van der Waals surface area contributed by atoms with E-state index in [1.165, 1.54) is 27.1 Å². The van der Waals surface area contributed by atoms with Crippen LogP contribution in [0.25, 0.3) is 0 Å². The van der Waals surface area contributed by atoms with E-state index in [9.17, 15) is 4.79 Å². The average Bonchev–Trinajstić information content (AvgIpc) is 2.77. The summed E-state index contributed by atoms with van der Waals surface area (Å²) in [5.41, 5.74) is 6.33. The maximum absolute atomic E-state index is 12.3. The summed E-state index contributed by atoms with van der Waals surface area (Å²) in [4.78, 5) is 15.8. The van der Waals surface area contributed by atoms with Crippen LogP contribution in [0.15, 0.2) is 35.2 Å². The molecule has 174 valence electrons. The van der Waals surface area contributed by atoms with Gasteiger partial charge in [-0.2, -0.15) is 0 Å². The number of amides is 1. The molecule has 0 bridgehead atoms. The molecule has 3 rings (SSSR count). The van der Waals surface area contributed by atoms with E-state index in [4.69, 9.17) is 4.74 Å². The third kappa shape index (κ3) is 6.89. The molecule has 6 nitrogen and oxygen atoms in total. The summed E-state index contributed by atoms with van der Waals surface area (Å²) in [5.74, 6) is 0.956. The Labute approximate surface area is 196 Å². The van der Waals surface area contributed by atoms with Crippen molar-refractivity contribution in [1.29, 1.82) is 0 Å². The second kappa shape index (κ2) is 11.6. The molecule has 7 heteroatoms. The average molecular weight is 457 g/mol. The Bertz CT molecular complexity index is 911. The van der Waals surface area contributed by atoms with Crippen LogP contribution in [0.1, 0.15) is 28.7 Å². The molecule has 2 aromatic rings. The number of likely N-dealkylation sites (N-methyl/N-ethyl adjacent to an activating group) is 1. The Kier molecular flexibility index (Phi) is 8.84. The second-order valence-electron chi connectivity index (χ2n) is 8.53. The van der Waals surface area contributed by atoms with Crippen LogP contribution in [-0.2, 0) is 17.8 Å². The van der Waals surface area contributed by atoms with Gasteiger partial charge in [0.1, 0.15) is 5.75 Å². The zero-order valence-corrected chi connectivity index (χ0v) is 20.8. The molecule has 0 saturated carbocycles. The molecule has 32 heavy (non-hydrogen) atoms. The van der Waals surface area contributed by atoms with Gasteiger partial charge < -0.3 is 20.3 Å². The molecule has 2 N–H and O–H groups in total. The smallest absolute Gasteiger partial charge is 0.221 e. The number of fused-ring (bicyclic) bond motifs is 1. The number of ether oxygens (including phenoxy) is 1. The number of benzene rings is 2. The summed E-state index contributed by atoms with van der Waals surface area (Å²) in [6.07, 6.45) is 1.59. The number of carbonyl (C=O) groups is 1. The number of nitrogens with one attached hydrogen (secondary N) is 2. The van der Waals surface area contributed by atoms with Crippen molar-refractivity contribution >= 4 is 23.5 Å². The maximum Gasteiger partial charge on any atom is 0.221 e. The fourth-order valence-electron chi connectivity index (χ4n) is 3.94. The Morgan fingerprint density at radius 2 is 1.91 bits per heavy atom. The molecule has 1 aliphatic heterocycles. The van der Waals surface area contributed by atoms with Crippen LogP contribution in [0.3, 0.4) is 0 Å². The van der Waals surface area contributed by atoms with Crippen molar-refractivity contribution in [1.82, 2.24) is 14.5 Å². The van der Waals surface area contributed by atoms with E-state index in [-0.39, 0.29) is 5.91 Å². The molecule has 0 spiro atoms. The van der Waals surface area contributed by atoms with E-state index < -0.39 is 0 Å². The van der Waals surface area contributed by atoms with Gasteiger partial charge in [0.15, 0.2) is 0 Å². The molecule has 0 fully saturated rings. The van der Waals surface area contributed by atoms with Crippen molar-refractivity contribution in [2.24, 2.45) is 0 Å². The minimum atomic E-state index is 0.0782. The lowest BCUT2D eigenvalue weighted by Crippen LogP contribution is -2.31. The molecule has 0 aliphatic carbocycles. The van der Waals surface area contributed by atoms with Crippen LogP contribution in [0.5, 0.6) is 5.75 Å². The van der Waals surface area contributed by atoms with Crippen LogP contribution in [0.4, 0.5) is 5.69 Å². The topological polar surface area (TPSA) is 56.8 Å². The Morgan fingerprint density at radius 1 is 1.16 bits per heavy atom. The molecule has 0 saturated heterocycles. The normalized spacial score (nSPS) is 13.7. The fraction of sp³-hybridized carbons (Fsp3) is 0.480. The maximum atomic E-state index is 12.3. The van der Waals surface area contributed by atoms with Crippen molar-refractivity contribution in [2.45, 2.75) is 38.1 Å². The minimum Gasteiger partial charge on any atom is -0.497 e. The SMILES string of the molecule is COc1cc(C)c(SN(C)CCC(=O)NCCNc2ccc3c(c2)CN(C)CC3)c(C)c1. The lowest BCUT2D eigenvalue weighted by molar-refractivity contribution is -0.121. The van der Waals surface area contributed by atoms with Gasteiger partial charge in [0, 0.05) is 49.7 Å². The minimum absolute atomic E-state index is 0.0782. The first kappa shape index (κ1) is 24.4. The van der Waals surface area contributed by atoms with Crippen LogP contribution < -0.4 is 15.4 Å². The molecule has 0 aromatic heterocycles. The molecule has 1 heterocycles. The zero-order chi connectivity index (χ0) is 23.1. The third-order valence-corrected chi connectivity index (χ3v) is 7.08. The Morgan fingerprint density at radius 3 is 2.62 bits per heavy atom. The van der Waals surface area contributed by atoms with Crippen molar-refractivity contribution in [2.75, 3.05) is 52.7 Å². The summed E-state index contributed by atoms with van der Waals surface area (Å²) in [6, 6.07) is 10.7. The molecule has 0 unspecified atom stereocenters. The highest BCUT2D eigenvalue weighted by Gasteiger charge is 2.13. The van der Waals surface area contributed by atoms with Crippen molar-refractivity contribution in [3.63, 3.8) is 0 Å². The predicted molar refractivity (Wildman–Crippen MR) is 134 cm³/mol. The van der Waals surface area contributed by atoms with Gasteiger partial charge in [0.2, 0.25) is 5.91 Å². The fourth-order valence-corrected chi connectivity index (χ4v) is 4.84. The van der Waals surface area contributed by atoms with E-state index in [1.807, 2.05) is 19.2 Å². The van der Waals surface area contributed by atoms with Crippen molar-refractivity contribution in [3.8, 4) is 5.75 Å². The molecule has 1 aliphatic rings. The lowest BCUT2D eigenvalue weighted by atomic mass is 9.99. The van der Waals surface area contributed by atoms with Gasteiger partial charge in [-0.05, 0) is 92.8 Å². The number of carbonyl (C=O) groups excluding carboxylic acids is 1. The van der Waals surface area contributed by atoms with E-state index in [1.54, 1.807) is 19.1 Å². The van der Waals surface area contributed by atoms with Crippen molar-refractivity contribution < 1.29 is 9.53 Å². The van der Waals surface area contributed by atoms with Crippen molar-refractivity contribution in [3.05, 3.63) is 52.6 Å². The Balaban J connectivity index is 1.36. The third-order valence-electron chi connectivity index (χ3n) is 5.76. The number of anilines is 1. The van der Waals surface area contributed by atoms with Crippen LogP contribution in [-0.4, -0.2) is 62.5 Å². The van der Waals surface area contributed by atoms with Gasteiger partial charge in [0.05, 0.1) is 7.11 Å². The first-order valence-corrected chi connectivity index (χ1v) is 12.0. The summed E-state index contributed by atoms with van der Waals surface area (Å²) >= 11 is 1.68. The molecule has 2 aromatic carbocycles. The molecule has 1 amide bonds. The first-order valence-electron chi connectivity index (χ1n) is 11.2. The largest absolute Gasteiger partial charge is 0.497 e. The van der Waals surface area contributed by atoms with E-state index in [0.29, 0.717) is 19.5 Å². The molecular formula is C25H36N4O2S. The number of hydrogen-bond acceptors (Lipinski definition) is 6. The highest BCUT2D eigenvalue weighted by Crippen LogP contribution is 2.31. The number of nitrogens with zero attached hydrogens (tertiary/aromatic N) is 2. The van der Waals surface area contributed by atoms with Crippen LogP contribution >= 0.6 is 11.9 Å². The van der Waals surface area contributed by atoms with E-state index in [2.05, 4.69) is 58.9 Å². The van der Waals surface area contributed by atoms with Crippen LogP contribution in [0.2, 0.25) is 0 Å². The first-order chi connectivity index (χ1) is 15.4. The number of rotatable bonds is 10. The van der Waals surface area contributed by atoms with Gasteiger partial charge >= 0.3 is 0 Å². The number of aryl methyl sites for hydroxylation is 2. The van der Waals surface area contributed by atoms with E-state index >= 15 is 0 Å². The lowest BCUT2D eigenvalue weighted by Gasteiger charge is -2.25. The number of hydrogen-bond donors (Lipinski definition) is 2. The zero-order valence-electron chi connectivity index (χ0n) is 20.0. The summed E-state index contributed by atoms with van der Waals surface area (Å²) < 4.78 is 7.45. The number of methoxy groups -OCH3 is 1. The summed E-state index contributed by atoms with van der Waals surface area (Å²) in [6.45, 7) is 8.33. The monoisotopic (exact) mass is 456 g/mol. The standard InChI is InChI=1S/C25H36N4O2S/c1-18-14-23(31-5)15-19(2)25(18)32-29(4)13-9-24(30)27-11-10-26-22-7-6-20-8-12-28(3)17-21(20)16-22/h6-7,14-16,26H,8-13,17H2,1-5H3,(H,27,30). The molecule has 0 atom stereocenters. The van der Waals surface area contributed by atoms with Gasteiger partial charge in [0.25, 0.3) is 0 Å². The van der Waals surface area contributed by atoms with Gasteiger partial charge in [-0.15, -0.1) is 0 Å².